The second-order valence-electron chi connectivity index (χ2n) is 6.81. The Hall–Kier alpha value is -0.0800. The van der Waals surface area contributed by atoms with Crippen molar-refractivity contribution < 1.29 is 4.74 Å². The van der Waals surface area contributed by atoms with Crippen molar-refractivity contribution in [1.29, 1.82) is 0 Å². The number of ether oxygens (including phenoxy) is 1. The van der Waals surface area contributed by atoms with Crippen LogP contribution in [0.5, 0.6) is 0 Å². The Kier molecular flexibility index (Phi) is 13.2. The van der Waals surface area contributed by atoms with Crippen LogP contribution in [-0.2, 0) is 4.74 Å². The fourth-order valence-corrected chi connectivity index (χ4v) is 2.73. The van der Waals surface area contributed by atoms with Gasteiger partial charge in [-0.1, -0.05) is 39.0 Å². The number of nitrogens with one attached hydrogen (secondary N) is 1. The molecule has 0 amide bonds. The lowest BCUT2D eigenvalue weighted by molar-refractivity contribution is -0.00682. The molecule has 23 heavy (non-hydrogen) atoms. The van der Waals surface area contributed by atoms with Crippen LogP contribution in [0.3, 0.4) is 0 Å². The van der Waals surface area contributed by atoms with Crippen molar-refractivity contribution in [2.24, 2.45) is 10.7 Å². The van der Waals surface area contributed by atoms with Gasteiger partial charge in [-0.2, -0.15) is 0 Å². The third-order valence-corrected chi connectivity index (χ3v) is 4.34. The van der Waals surface area contributed by atoms with Gasteiger partial charge in [-0.3, -0.25) is 9.89 Å². The van der Waals surface area contributed by atoms with Crippen LogP contribution in [0, 0.1) is 0 Å². The van der Waals surface area contributed by atoms with Crippen LogP contribution in [0.4, 0.5) is 0 Å². The molecule has 5 nitrogen and oxygen atoms in total. The van der Waals surface area contributed by atoms with Gasteiger partial charge in [0.15, 0.2) is 5.96 Å². The molecular weight excluding hydrogens is 403 g/mol. The largest absolute Gasteiger partial charge is 0.379 e. The first kappa shape index (κ1) is 22.9. The number of halogens is 1. The number of aliphatic imine (C=N–C) groups is 1. The number of hydrogen-bond donors (Lipinski definition) is 2. The first-order chi connectivity index (χ1) is 10.6. The number of guanidine groups is 1. The molecule has 1 fully saturated rings. The molecule has 0 aromatic carbocycles. The lowest BCUT2D eigenvalue weighted by atomic mass is 10.0. The van der Waals surface area contributed by atoms with Crippen LogP contribution < -0.4 is 11.1 Å². The van der Waals surface area contributed by atoms with Crippen molar-refractivity contribution in [2.75, 3.05) is 39.4 Å². The van der Waals surface area contributed by atoms with E-state index < -0.39 is 0 Å². The van der Waals surface area contributed by atoms with Gasteiger partial charge in [0, 0.05) is 25.2 Å². The minimum atomic E-state index is 0. The monoisotopic (exact) mass is 440 g/mol. The SMILES string of the molecule is CCCCCCCCNC(N)=NCC(C)(C)N1CCOCC1.I. The highest BCUT2D eigenvalue weighted by atomic mass is 127. The molecular formula is C17H37IN4O. The van der Waals surface area contributed by atoms with E-state index in [9.17, 15) is 0 Å². The number of rotatable bonds is 10. The number of unbranched alkanes of at least 4 members (excludes halogenated alkanes) is 5. The van der Waals surface area contributed by atoms with Crippen LogP contribution in [0.2, 0.25) is 0 Å². The molecule has 0 spiro atoms. The summed E-state index contributed by atoms with van der Waals surface area (Å²) in [6, 6.07) is 0. The second kappa shape index (κ2) is 13.2. The summed E-state index contributed by atoms with van der Waals surface area (Å²) in [5.41, 5.74) is 6.01. The molecule has 0 saturated carbocycles. The van der Waals surface area contributed by atoms with E-state index in [2.05, 4.69) is 36.0 Å². The summed E-state index contributed by atoms with van der Waals surface area (Å²) in [7, 11) is 0. The average molecular weight is 440 g/mol. The van der Waals surface area contributed by atoms with Crippen molar-refractivity contribution in [2.45, 2.75) is 64.8 Å². The summed E-state index contributed by atoms with van der Waals surface area (Å²) in [5.74, 6) is 0.579. The maximum absolute atomic E-state index is 5.97. The zero-order valence-electron chi connectivity index (χ0n) is 15.3. The molecule has 1 aliphatic rings. The van der Waals surface area contributed by atoms with E-state index in [0.717, 1.165) is 39.4 Å². The van der Waals surface area contributed by atoms with E-state index in [1.54, 1.807) is 0 Å². The quantitative estimate of drug-likeness (QED) is 0.237. The van der Waals surface area contributed by atoms with Gasteiger partial charge in [-0.05, 0) is 20.3 Å². The Morgan fingerprint density at radius 2 is 1.74 bits per heavy atom. The van der Waals surface area contributed by atoms with Gasteiger partial charge >= 0.3 is 0 Å². The molecule has 0 unspecified atom stereocenters. The molecule has 6 heteroatoms. The van der Waals surface area contributed by atoms with Crippen molar-refractivity contribution in [3.8, 4) is 0 Å². The number of nitrogens with zero attached hydrogens (tertiary/aromatic N) is 2. The van der Waals surface area contributed by atoms with Crippen LogP contribution in [0.1, 0.15) is 59.3 Å². The molecule has 0 bridgehead atoms. The Morgan fingerprint density at radius 1 is 1.13 bits per heavy atom. The van der Waals surface area contributed by atoms with E-state index in [4.69, 9.17) is 10.5 Å². The molecule has 0 atom stereocenters. The first-order valence-electron chi connectivity index (χ1n) is 8.93. The normalized spacial score (nSPS) is 16.9. The smallest absolute Gasteiger partial charge is 0.188 e. The number of morpholine rings is 1. The maximum Gasteiger partial charge on any atom is 0.188 e. The zero-order chi connectivity index (χ0) is 16.3. The molecule has 0 aromatic heterocycles. The molecule has 3 N–H and O–H groups in total. The highest BCUT2D eigenvalue weighted by Gasteiger charge is 2.27. The van der Waals surface area contributed by atoms with Crippen molar-refractivity contribution in [1.82, 2.24) is 10.2 Å². The number of nitrogens with two attached hydrogens (primary N) is 1. The molecule has 0 radical (unpaired) electrons. The standard InChI is InChI=1S/C17H36N4O.HI/c1-4-5-6-7-8-9-10-19-16(18)20-15-17(2,3)21-11-13-22-14-12-21;/h4-15H2,1-3H3,(H3,18,19,20);1H. The van der Waals surface area contributed by atoms with E-state index in [-0.39, 0.29) is 29.5 Å². The van der Waals surface area contributed by atoms with Crippen LogP contribution in [0.15, 0.2) is 4.99 Å². The van der Waals surface area contributed by atoms with Gasteiger partial charge < -0.3 is 15.8 Å². The Balaban J connectivity index is 0.00000484. The zero-order valence-corrected chi connectivity index (χ0v) is 17.6. The van der Waals surface area contributed by atoms with Gasteiger partial charge in [0.25, 0.3) is 0 Å². The molecule has 0 aromatic rings. The van der Waals surface area contributed by atoms with Gasteiger partial charge in [-0.15, -0.1) is 24.0 Å². The van der Waals surface area contributed by atoms with E-state index >= 15 is 0 Å². The summed E-state index contributed by atoms with van der Waals surface area (Å²) in [6.45, 7) is 11.9. The summed E-state index contributed by atoms with van der Waals surface area (Å²) >= 11 is 0. The van der Waals surface area contributed by atoms with Crippen LogP contribution in [-0.4, -0.2) is 55.8 Å². The van der Waals surface area contributed by atoms with E-state index in [0.29, 0.717) is 5.96 Å². The van der Waals surface area contributed by atoms with Gasteiger partial charge in [0.1, 0.15) is 0 Å². The summed E-state index contributed by atoms with van der Waals surface area (Å²) < 4.78 is 5.41. The lowest BCUT2D eigenvalue weighted by Crippen LogP contribution is -2.52. The number of hydrogen-bond acceptors (Lipinski definition) is 3. The molecule has 0 aliphatic carbocycles. The first-order valence-corrected chi connectivity index (χ1v) is 8.93. The highest BCUT2D eigenvalue weighted by Crippen LogP contribution is 2.16. The summed E-state index contributed by atoms with van der Waals surface area (Å²) in [6.07, 6.45) is 7.79. The minimum absolute atomic E-state index is 0. The average Bonchev–Trinajstić information content (AvgIpc) is 2.53. The van der Waals surface area contributed by atoms with Crippen molar-refractivity contribution in [3.63, 3.8) is 0 Å². The molecule has 1 rings (SSSR count). The van der Waals surface area contributed by atoms with Crippen LogP contribution >= 0.6 is 24.0 Å². The Morgan fingerprint density at radius 3 is 2.39 bits per heavy atom. The Bertz CT molecular complexity index is 318. The molecule has 1 saturated heterocycles. The predicted octanol–water partition coefficient (Wildman–Crippen LogP) is 2.98. The Labute approximate surface area is 159 Å². The van der Waals surface area contributed by atoms with E-state index in [1.807, 2.05) is 0 Å². The maximum atomic E-state index is 5.97. The predicted molar refractivity (Wildman–Crippen MR) is 110 cm³/mol. The fraction of sp³-hybridized carbons (Fsp3) is 0.941. The van der Waals surface area contributed by atoms with Gasteiger partial charge in [-0.25, -0.2) is 0 Å². The second-order valence-corrected chi connectivity index (χ2v) is 6.81. The third kappa shape index (κ3) is 10.4. The topological polar surface area (TPSA) is 62.9 Å². The van der Waals surface area contributed by atoms with E-state index in [1.165, 1.54) is 38.5 Å². The lowest BCUT2D eigenvalue weighted by Gasteiger charge is -2.39. The third-order valence-electron chi connectivity index (χ3n) is 4.34. The van der Waals surface area contributed by atoms with Crippen molar-refractivity contribution in [3.05, 3.63) is 0 Å². The minimum Gasteiger partial charge on any atom is -0.379 e. The summed E-state index contributed by atoms with van der Waals surface area (Å²) in [5, 5.41) is 3.23. The van der Waals surface area contributed by atoms with Gasteiger partial charge in [0.2, 0.25) is 0 Å². The molecule has 1 aliphatic heterocycles. The molecule has 138 valence electrons. The van der Waals surface area contributed by atoms with Crippen LogP contribution in [0.25, 0.3) is 0 Å². The highest BCUT2D eigenvalue weighted by molar-refractivity contribution is 14.0. The van der Waals surface area contributed by atoms with Crippen molar-refractivity contribution >= 4 is 29.9 Å². The fourth-order valence-electron chi connectivity index (χ4n) is 2.73. The van der Waals surface area contributed by atoms with Gasteiger partial charge in [0.05, 0.1) is 19.8 Å². The summed E-state index contributed by atoms with van der Waals surface area (Å²) in [4.78, 5) is 6.95. The molecule has 1 heterocycles.